The molecule has 1 saturated heterocycles. The number of hydrogen-bond donors (Lipinski definition) is 5. The molecule has 0 unspecified atom stereocenters. The van der Waals surface area contributed by atoms with Crippen molar-refractivity contribution >= 4 is 35.4 Å². The van der Waals surface area contributed by atoms with Gasteiger partial charge in [-0.3, -0.25) is 28.8 Å². The van der Waals surface area contributed by atoms with Crippen LogP contribution < -0.4 is 31.3 Å². The number of carbonyl (C=O) groups excluding carboxylic acids is 6. The molecular weight excluding hydrogens is 664 g/mol. The summed E-state index contributed by atoms with van der Waals surface area (Å²) in [6.45, 7) is 4.80. The molecule has 274 valence electrons. The molecule has 13 heteroatoms. The topological polar surface area (TPSA) is 175 Å². The van der Waals surface area contributed by atoms with Crippen LogP contribution in [0, 0.1) is 0 Å². The van der Waals surface area contributed by atoms with E-state index in [4.69, 9.17) is 4.74 Å². The van der Waals surface area contributed by atoms with E-state index in [1.807, 2.05) is 59.5 Å². The third-order valence-electron chi connectivity index (χ3n) is 8.98. The van der Waals surface area contributed by atoms with E-state index in [9.17, 15) is 28.8 Å². The average molecular weight is 711 g/mol. The Balaban J connectivity index is 1.32. The number of ether oxygens (including phenoxy) is 1. The average Bonchev–Trinajstić information content (AvgIpc) is 3.53. The molecule has 52 heavy (non-hydrogen) atoms. The molecule has 0 saturated carbocycles. The lowest BCUT2D eigenvalue weighted by molar-refractivity contribution is -0.135. The van der Waals surface area contributed by atoms with Crippen LogP contribution in [0.1, 0.15) is 66.6 Å². The van der Waals surface area contributed by atoms with Crippen LogP contribution in [0.2, 0.25) is 0 Å². The van der Waals surface area contributed by atoms with Gasteiger partial charge in [0, 0.05) is 39.0 Å². The van der Waals surface area contributed by atoms with Gasteiger partial charge >= 0.3 is 0 Å². The van der Waals surface area contributed by atoms with Gasteiger partial charge in [0.25, 0.3) is 5.91 Å². The third kappa shape index (κ3) is 10.4. The van der Waals surface area contributed by atoms with Crippen molar-refractivity contribution < 1.29 is 33.5 Å². The quantitative estimate of drug-likeness (QED) is 0.250. The molecule has 2 atom stereocenters. The van der Waals surface area contributed by atoms with Crippen molar-refractivity contribution in [3.8, 4) is 5.75 Å². The molecule has 6 amide bonds. The van der Waals surface area contributed by atoms with Crippen LogP contribution in [-0.2, 0) is 43.5 Å². The molecule has 0 aromatic heterocycles. The number of rotatable bonds is 7. The zero-order chi connectivity index (χ0) is 37.1. The number of nitrogens with zero attached hydrogens (tertiary/aromatic N) is 1. The van der Waals surface area contributed by atoms with E-state index in [0.29, 0.717) is 19.4 Å². The minimum atomic E-state index is -1.48. The molecule has 0 aliphatic carbocycles. The standard InChI is InChI=1S/C39H46N6O7/c1-39(2)38(51)43-30(22-26-10-4-3-5-11-26)36(49)40-19-9-21-52-32-13-7-6-12-29(32)35(48)42-31(23-33(46)44-39)37(50)41-24-27-15-17-28(18-16-27)25-45-20-8-14-34(45)47/h3-7,10-13,15-18,30-31H,8-9,14,19-25H2,1-2H3,(H,40,49)(H,41,50)(H,42,48)(H,43,51)(H,44,46)/t30-,31-/m0/s1. The van der Waals surface area contributed by atoms with Gasteiger partial charge in [-0.1, -0.05) is 66.7 Å². The van der Waals surface area contributed by atoms with Gasteiger partial charge < -0.3 is 36.2 Å². The number of benzene rings is 3. The van der Waals surface area contributed by atoms with Crippen LogP contribution in [0.5, 0.6) is 5.75 Å². The van der Waals surface area contributed by atoms with Gasteiger partial charge in [0.1, 0.15) is 23.4 Å². The fourth-order valence-electron chi connectivity index (χ4n) is 6.02. The van der Waals surface area contributed by atoms with Crippen molar-refractivity contribution in [2.24, 2.45) is 0 Å². The van der Waals surface area contributed by atoms with E-state index in [-0.39, 0.29) is 43.3 Å². The van der Waals surface area contributed by atoms with E-state index in [1.165, 1.54) is 13.8 Å². The fraction of sp³-hybridized carbons (Fsp3) is 0.385. The highest BCUT2D eigenvalue weighted by atomic mass is 16.5. The van der Waals surface area contributed by atoms with E-state index in [2.05, 4.69) is 26.6 Å². The second-order valence-electron chi connectivity index (χ2n) is 13.6. The monoisotopic (exact) mass is 710 g/mol. The van der Waals surface area contributed by atoms with Gasteiger partial charge in [-0.25, -0.2) is 0 Å². The Hall–Kier alpha value is -5.72. The molecule has 0 spiro atoms. The van der Waals surface area contributed by atoms with Crippen molar-refractivity contribution in [3.05, 3.63) is 101 Å². The molecule has 1 fully saturated rings. The van der Waals surface area contributed by atoms with Gasteiger partial charge in [0.05, 0.1) is 18.6 Å². The Morgan fingerprint density at radius 1 is 0.865 bits per heavy atom. The second kappa shape index (κ2) is 17.5. The molecule has 2 heterocycles. The Labute approximate surface area is 303 Å². The number of hydrogen-bond acceptors (Lipinski definition) is 7. The summed E-state index contributed by atoms with van der Waals surface area (Å²) in [6, 6.07) is 21.1. The normalized spacial score (nSPS) is 20.2. The molecule has 0 radical (unpaired) electrons. The molecule has 2 aliphatic rings. The van der Waals surface area contributed by atoms with Crippen molar-refractivity contribution in [3.63, 3.8) is 0 Å². The molecule has 3 aromatic rings. The smallest absolute Gasteiger partial charge is 0.255 e. The fourth-order valence-corrected chi connectivity index (χ4v) is 6.02. The maximum atomic E-state index is 13.6. The van der Waals surface area contributed by atoms with Crippen LogP contribution >= 0.6 is 0 Å². The van der Waals surface area contributed by atoms with Crippen LogP contribution in [0.15, 0.2) is 78.9 Å². The van der Waals surface area contributed by atoms with Crippen molar-refractivity contribution in [1.29, 1.82) is 0 Å². The van der Waals surface area contributed by atoms with Gasteiger partial charge in [-0.05, 0) is 55.5 Å². The summed E-state index contributed by atoms with van der Waals surface area (Å²) >= 11 is 0. The second-order valence-corrected chi connectivity index (χ2v) is 13.6. The number of para-hydroxylation sites is 1. The molecule has 5 rings (SSSR count). The van der Waals surface area contributed by atoms with E-state index < -0.39 is 53.6 Å². The predicted molar refractivity (Wildman–Crippen MR) is 193 cm³/mol. The molecule has 2 aliphatic heterocycles. The van der Waals surface area contributed by atoms with Gasteiger partial charge in [-0.2, -0.15) is 0 Å². The SMILES string of the molecule is CC1(C)NC(=O)C[C@@H](C(=O)NCc2ccc(CN3CCCC3=O)cc2)NC(=O)c2ccccc2OCCCNC(=O)[C@H](Cc2ccccc2)NC1=O. The highest BCUT2D eigenvalue weighted by Crippen LogP contribution is 2.19. The predicted octanol–water partition coefficient (Wildman–Crippen LogP) is 2.13. The van der Waals surface area contributed by atoms with Crippen LogP contribution in [0.4, 0.5) is 0 Å². The Bertz CT molecular complexity index is 1760. The van der Waals surface area contributed by atoms with Crippen molar-refractivity contribution in [2.45, 2.75) is 76.7 Å². The van der Waals surface area contributed by atoms with Crippen molar-refractivity contribution in [1.82, 2.24) is 31.5 Å². The summed E-state index contributed by atoms with van der Waals surface area (Å²) in [4.78, 5) is 81.3. The lowest BCUT2D eigenvalue weighted by atomic mass is 10.00. The molecular formula is C39H46N6O7. The number of fused-ring (bicyclic) bond motifs is 1. The van der Waals surface area contributed by atoms with Gasteiger partial charge in [0.2, 0.25) is 29.5 Å². The first-order valence-electron chi connectivity index (χ1n) is 17.6. The van der Waals surface area contributed by atoms with Gasteiger partial charge in [0.15, 0.2) is 0 Å². The molecule has 5 N–H and O–H groups in total. The highest BCUT2D eigenvalue weighted by Gasteiger charge is 2.35. The van der Waals surface area contributed by atoms with Crippen LogP contribution in [0.3, 0.4) is 0 Å². The van der Waals surface area contributed by atoms with Crippen LogP contribution in [0.25, 0.3) is 0 Å². The highest BCUT2D eigenvalue weighted by molar-refractivity contribution is 6.01. The number of carbonyl (C=O) groups is 6. The maximum Gasteiger partial charge on any atom is 0.255 e. The summed E-state index contributed by atoms with van der Waals surface area (Å²) in [6.07, 6.45) is 1.58. The number of amides is 6. The minimum absolute atomic E-state index is 0.119. The summed E-state index contributed by atoms with van der Waals surface area (Å²) < 4.78 is 5.90. The maximum absolute atomic E-state index is 13.6. The number of likely N-dealkylation sites (tertiary alicyclic amines) is 1. The van der Waals surface area contributed by atoms with E-state index >= 15 is 0 Å². The van der Waals surface area contributed by atoms with Crippen LogP contribution in [-0.4, -0.2) is 77.7 Å². The molecule has 0 bridgehead atoms. The summed E-state index contributed by atoms with van der Waals surface area (Å²) in [5, 5.41) is 13.8. The minimum Gasteiger partial charge on any atom is -0.493 e. The summed E-state index contributed by atoms with van der Waals surface area (Å²) in [7, 11) is 0. The van der Waals surface area contributed by atoms with Gasteiger partial charge in [-0.15, -0.1) is 0 Å². The summed E-state index contributed by atoms with van der Waals surface area (Å²) in [5.41, 5.74) is 1.28. The lowest BCUT2D eigenvalue weighted by Crippen LogP contribution is -2.60. The Morgan fingerprint density at radius 2 is 1.58 bits per heavy atom. The lowest BCUT2D eigenvalue weighted by Gasteiger charge is -2.29. The molecule has 3 aromatic carbocycles. The largest absolute Gasteiger partial charge is 0.493 e. The Kier molecular flexibility index (Phi) is 12.6. The zero-order valence-electron chi connectivity index (χ0n) is 29.5. The molecule has 13 nitrogen and oxygen atoms in total. The van der Waals surface area contributed by atoms with Crippen molar-refractivity contribution in [2.75, 3.05) is 19.7 Å². The van der Waals surface area contributed by atoms with E-state index in [0.717, 1.165) is 29.7 Å². The Morgan fingerprint density at radius 3 is 2.31 bits per heavy atom. The third-order valence-corrected chi connectivity index (χ3v) is 8.98. The first-order chi connectivity index (χ1) is 25.0. The number of nitrogens with one attached hydrogen (secondary N) is 5. The zero-order valence-corrected chi connectivity index (χ0v) is 29.5. The first kappa shape index (κ1) is 37.5. The summed E-state index contributed by atoms with van der Waals surface area (Å²) in [5.74, 6) is -2.48. The first-order valence-corrected chi connectivity index (χ1v) is 17.6. The van der Waals surface area contributed by atoms with E-state index in [1.54, 1.807) is 24.3 Å².